The molecule has 0 rings (SSSR count). The molecule has 84 valence electrons. The van der Waals surface area contributed by atoms with Gasteiger partial charge in [0, 0.05) is 0 Å². The lowest BCUT2D eigenvalue weighted by Crippen LogP contribution is -2.40. The summed E-state index contributed by atoms with van der Waals surface area (Å²) in [6.07, 6.45) is -0.167. The third-order valence-corrected chi connectivity index (χ3v) is 1.85. The first-order valence-electron chi connectivity index (χ1n) is 4.71. The second-order valence-electron chi connectivity index (χ2n) is 3.02. The van der Waals surface area contributed by atoms with E-state index in [0.717, 1.165) is 12.8 Å². The first kappa shape index (κ1) is 13.3. The van der Waals surface area contributed by atoms with Gasteiger partial charge in [0.05, 0.1) is 13.7 Å². The van der Waals surface area contributed by atoms with Crippen LogP contribution < -0.4 is 5.32 Å². The Hall–Kier alpha value is -0.710. The molecule has 1 N–H and O–H groups in total. The molecule has 3 nitrogen and oxygen atoms in total. The molecule has 0 radical (unpaired) electrons. The maximum atomic E-state index is 11.9. The van der Waals surface area contributed by atoms with Crippen molar-refractivity contribution in [2.75, 3.05) is 13.7 Å². The van der Waals surface area contributed by atoms with Gasteiger partial charge in [-0.15, -0.1) is 0 Å². The van der Waals surface area contributed by atoms with E-state index in [1.807, 2.05) is 6.92 Å². The molecule has 1 unspecified atom stereocenters. The van der Waals surface area contributed by atoms with Crippen molar-refractivity contribution in [2.24, 2.45) is 0 Å². The highest BCUT2D eigenvalue weighted by Gasteiger charge is 2.18. The molecule has 0 aromatic carbocycles. The molecule has 0 amide bonds. The predicted molar refractivity (Wildman–Crippen MR) is 49.3 cm³/mol. The standard InChI is InChI=1S/C9H17F2NO2/c1-3-4-5-7(9(13)14-2)12-6-8(10)11/h7-8,12H,3-6H2,1-2H3. The van der Waals surface area contributed by atoms with Crippen LogP contribution in [-0.4, -0.2) is 32.1 Å². The number of nitrogens with one attached hydrogen (secondary N) is 1. The molecule has 0 aliphatic heterocycles. The van der Waals surface area contributed by atoms with Gasteiger partial charge in [-0.1, -0.05) is 19.8 Å². The highest BCUT2D eigenvalue weighted by Crippen LogP contribution is 2.03. The summed E-state index contributed by atoms with van der Waals surface area (Å²) in [5.74, 6) is -0.473. The monoisotopic (exact) mass is 209 g/mol. The van der Waals surface area contributed by atoms with E-state index in [9.17, 15) is 13.6 Å². The minimum atomic E-state index is -2.44. The van der Waals surface area contributed by atoms with Crippen molar-refractivity contribution in [3.63, 3.8) is 0 Å². The van der Waals surface area contributed by atoms with Gasteiger partial charge in [0.15, 0.2) is 0 Å². The Labute approximate surface area is 82.8 Å². The van der Waals surface area contributed by atoms with Gasteiger partial charge in [0.1, 0.15) is 6.04 Å². The lowest BCUT2D eigenvalue weighted by atomic mass is 10.1. The van der Waals surface area contributed by atoms with Gasteiger partial charge in [-0.2, -0.15) is 0 Å². The fourth-order valence-corrected chi connectivity index (χ4v) is 1.09. The number of hydrogen-bond donors (Lipinski definition) is 1. The number of alkyl halides is 2. The number of carbonyl (C=O) groups excluding carboxylic acids is 1. The average Bonchev–Trinajstić information content (AvgIpc) is 2.16. The van der Waals surface area contributed by atoms with Crippen molar-refractivity contribution in [1.29, 1.82) is 0 Å². The van der Waals surface area contributed by atoms with E-state index in [4.69, 9.17) is 0 Å². The zero-order valence-corrected chi connectivity index (χ0v) is 8.56. The lowest BCUT2D eigenvalue weighted by Gasteiger charge is -2.15. The SMILES string of the molecule is CCCCC(NCC(F)F)C(=O)OC. The van der Waals surface area contributed by atoms with Crippen LogP contribution in [0.4, 0.5) is 8.78 Å². The smallest absolute Gasteiger partial charge is 0.322 e. The summed E-state index contributed by atoms with van der Waals surface area (Å²) in [6.45, 7) is 1.50. The molecular formula is C9H17F2NO2. The van der Waals surface area contributed by atoms with Crippen molar-refractivity contribution < 1.29 is 18.3 Å². The number of methoxy groups -OCH3 is 1. The van der Waals surface area contributed by atoms with Gasteiger partial charge in [0.25, 0.3) is 6.43 Å². The largest absolute Gasteiger partial charge is 0.468 e. The van der Waals surface area contributed by atoms with Crippen LogP contribution in [0.2, 0.25) is 0 Å². The second kappa shape index (κ2) is 7.67. The number of carbonyl (C=O) groups is 1. The van der Waals surface area contributed by atoms with Crippen LogP contribution in [0, 0.1) is 0 Å². The van der Waals surface area contributed by atoms with Crippen LogP contribution in [0.3, 0.4) is 0 Å². The summed E-state index contributed by atoms with van der Waals surface area (Å²) in [4.78, 5) is 11.1. The van der Waals surface area contributed by atoms with Crippen molar-refractivity contribution in [3.05, 3.63) is 0 Å². The van der Waals surface area contributed by atoms with E-state index >= 15 is 0 Å². The number of esters is 1. The van der Waals surface area contributed by atoms with Crippen LogP contribution in [0.5, 0.6) is 0 Å². The molecule has 0 fully saturated rings. The molecule has 14 heavy (non-hydrogen) atoms. The van der Waals surface area contributed by atoms with Crippen LogP contribution in [0.25, 0.3) is 0 Å². The Kier molecular flexibility index (Phi) is 7.28. The molecular weight excluding hydrogens is 192 g/mol. The third-order valence-electron chi connectivity index (χ3n) is 1.85. The summed E-state index contributed by atoms with van der Waals surface area (Å²) in [6, 6.07) is -0.603. The number of unbranched alkanes of at least 4 members (excludes halogenated alkanes) is 1. The van der Waals surface area contributed by atoms with E-state index in [1.54, 1.807) is 0 Å². The molecule has 0 bridgehead atoms. The molecule has 0 spiro atoms. The number of ether oxygens (including phenoxy) is 1. The fraction of sp³-hybridized carbons (Fsp3) is 0.889. The summed E-state index contributed by atoms with van der Waals surface area (Å²) < 4.78 is 28.2. The quantitative estimate of drug-likeness (QED) is 0.647. The molecule has 0 heterocycles. The molecule has 1 atom stereocenters. The van der Waals surface area contributed by atoms with Crippen LogP contribution in [0.1, 0.15) is 26.2 Å². The molecule has 0 saturated carbocycles. The Bertz CT molecular complexity index is 165. The van der Waals surface area contributed by atoms with E-state index in [1.165, 1.54) is 7.11 Å². The Morgan fingerprint density at radius 2 is 2.14 bits per heavy atom. The Morgan fingerprint density at radius 1 is 1.50 bits per heavy atom. The van der Waals surface area contributed by atoms with E-state index in [0.29, 0.717) is 6.42 Å². The zero-order valence-electron chi connectivity index (χ0n) is 8.56. The van der Waals surface area contributed by atoms with Crippen LogP contribution in [0.15, 0.2) is 0 Å². The van der Waals surface area contributed by atoms with Crippen molar-refractivity contribution in [1.82, 2.24) is 5.32 Å². The minimum absolute atomic E-state index is 0.469. The topological polar surface area (TPSA) is 38.3 Å². The summed E-state index contributed by atoms with van der Waals surface area (Å²) in [5.41, 5.74) is 0. The number of halogens is 2. The maximum absolute atomic E-state index is 11.9. The summed E-state index contributed by atoms with van der Waals surface area (Å²) >= 11 is 0. The predicted octanol–water partition coefficient (Wildman–Crippen LogP) is 1.57. The lowest BCUT2D eigenvalue weighted by molar-refractivity contribution is -0.143. The van der Waals surface area contributed by atoms with Crippen molar-refractivity contribution >= 4 is 5.97 Å². The average molecular weight is 209 g/mol. The molecule has 0 aromatic heterocycles. The summed E-state index contributed by atoms with van der Waals surface area (Å²) in [5, 5.41) is 2.48. The van der Waals surface area contributed by atoms with Gasteiger partial charge in [-0.25, -0.2) is 8.78 Å². The fourth-order valence-electron chi connectivity index (χ4n) is 1.09. The third kappa shape index (κ3) is 5.85. The van der Waals surface area contributed by atoms with Crippen molar-refractivity contribution in [2.45, 2.75) is 38.7 Å². The van der Waals surface area contributed by atoms with Gasteiger partial charge in [0.2, 0.25) is 0 Å². The first-order valence-corrected chi connectivity index (χ1v) is 4.71. The van der Waals surface area contributed by atoms with E-state index in [-0.39, 0.29) is 0 Å². The molecule has 0 aliphatic rings. The highest BCUT2D eigenvalue weighted by atomic mass is 19.3. The number of hydrogen-bond acceptors (Lipinski definition) is 3. The first-order chi connectivity index (χ1) is 6.61. The Morgan fingerprint density at radius 3 is 2.57 bits per heavy atom. The summed E-state index contributed by atoms with van der Waals surface area (Å²) in [7, 11) is 1.26. The van der Waals surface area contributed by atoms with Gasteiger partial charge >= 0.3 is 5.97 Å². The molecule has 0 saturated heterocycles. The Balaban J connectivity index is 3.90. The highest BCUT2D eigenvalue weighted by molar-refractivity contribution is 5.75. The van der Waals surface area contributed by atoms with Crippen LogP contribution in [-0.2, 0) is 9.53 Å². The van der Waals surface area contributed by atoms with Crippen LogP contribution >= 0.6 is 0 Å². The van der Waals surface area contributed by atoms with Gasteiger partial charge in [-0.3, -0.25) is 10.1 Å². The van der Waals surface area contributed by atoms with Gasteiger partial charge in [-0.05, 0) is 6.42 Å². The minimum Gasteiger partial charge on any atom is -0.468 e. The molecule has 0 aromatic rings. The van der Waals surface area contributed by atoms with Crippen molar-refractivity contribution in [3.8, 4) is 0 Å². The molecule has 5 heteroatoms. The maximum Gasteiger partial charge on any atom is 0.322 e. The van der Waals surface area contributed by atoms with E-state index in [2.05, 4.69) is 10.1 Å². The molecule has 0 aliphatic carbocycles. The van der Waals surface area contributed by atoms with E-state index < -0.39 is 25.0 Å². The normalized spacial score (nSPS) is 12.9. The number of rotatable bonds is 7. The zero-order chi connectivity index (χ0) is 11.0. The van der Waals surface area contributed by atoms with Gasteiger partial charge < -0.3 is 4.74 Å². The second-order valence-corrected chi connectivity index (χ2v) is 3.02.